The van der Waals surface area contributed by atoms with Gasteiger partial charge in [0, 0.05) is 25.7 Å². The first-order valence-corrected chi connectivity index (χ1v) is 7.90. The van der Waals surface area contributed by atoms with Crippen LogP contribution in [-0.2, 0) is 11.2 Å². The van der Waals surface area contributed by atoms with Gasteiger partial charge in [-0.1, -0.05) is 18.2 Å². The average Bonchev–Trinajstić information content (AvgIpc) is 2.64. The third-order valence-corrected chi connectivity index (χ3v) is 3.84. The lowest BCUT2D eigenvalue weighted by Gasteiger charge is -2.26. The molecule has 0 spiro atoms. The number of ether oxygens (including phenoxy) is 1. The van der Waals surface area contributed by atoms with Crippen LogP contribution >= 0.6 is 0 Å². The summed E-state index contributed by atoms with van der Waals surface area (Å²) in [6.45, 7) is 2.75. The number of nitrogens with zero attached hydrogens (tertiary/aromatic N) is 3. The molecule has 0 radical (unpaired) electrons. The van der Waals surface area contributed by atoms with E-state index in [1.54, 1.807) is 23.1 Å². The van der Waals surface area contributed by atoms with Crippen molar-refractivity contribution in [2.75, 3.05) is 38.2 Å². The Balaban J connectivity index is 1.59. The molecule has 7 heteroatoms. The molecule has 0 unspecified atom stereocenters. The molecule has 1 N–H and O–H groups in total. The van der Waals surface area contributed by atoms with Crippen LogP contribution in [0.3, 0.4) is 0 Å². The summed E-state index contributed by atoms with van der Waals surface area (Å²) in [7, 11) is 0. The highest BCUT2D eigenvalue weighted by atomic mass is 19.1. The number of nitrogens with one attached hydrogen (secondary N) is 1. The highest BCUT2D eigenvalue weighted by molar-refractivity contribution is 5.92. The summed E-state index contributed by atoms with van der Waals surface area (Å²) >= 11 is 0. The topological polar surface area (TPSA) is 67.4 Å². The predicted molar refractivity (Wildman–Crippen MR) is 87.3 cm³/mol. The molecule has 3 rings (SSSR count). The van der Waals surface area contributed by atoms with Crippen LogP contribution in [0.5, 0.6) is 0 Å². The van der Waals surface area contributed by atoms with Crippen molar-refractivity contribution in [3.63, 3.8) is 0 Å². The van der Waals surface area contributed by atoms with Gasteiger partial charge in [0.2, 0.25) is 0 Å². The molecular formula is C17H19FN4O2. The summed E-state index contributed by atoms with van der Waals surface area (Å²) < 4.78 is 18.8. The van der Waals surface area contributed by atoms with Crippen molar-refractivity contribution >= 4 is 11.7 Å². The zero-order valence-corrected chi connectivity index (χ0v) is 13.2. The van der Waals surface area contributed by atoms with Crippen molar-refractivity contribution in [1.82, 2.24) is 14.9 Å². The second-order valence-electron chi connectivity index (χ2n) is 5.46. The second kappa shape index (κ2) is 7.83. The summed E-state index contributed by atoms with van der Waals surface area (Å²) in [6, 6.07) is 8.30. The molecule has 1 amide bonds. The van der Waals surface area contributed by atoms with Crippen molar-refractivity contribution in [2.24, 2.45) is 0 Å². The van der Waals surface area contributed by atoms with Crippen LogP contribution in [0.15, 0.2) is 36.7 Å². The van der Waals surface area contributed by atoms with Crippen LogP contribution in [0.2, 0.25) is 0 Å². The third-order valence-electron chi connectivity index (χ3n) is 3.84. The summed E-state index contributed by atoms with van der Waals surface area (Å²) in [5, 5.41) is 3.11. The Morgan fingerprint density at radius 2 is 2.04 bits per heavy atom. The minimum atomic E-state index is -0.217. The Morgan fingerprint density at radius 1 is 1.25 bits per heavy atom. The zero-order chi connectivity index (χ0) is 16.8. The van der Waals surface area contributed by atoms with Gasteiger partial charge in [-0.3, -0.25) is 4.79 Å². The van der Waals surface area contributed by atoms with Crippen LogP contribution in [0.1, 0.15) is 16.1 Å². The first-order chi connectivity index (χ1) is 11.7. The van der Waals surface area contributed by atoms with Gasteiger partial charge >= 0.3 is 0 Å². The molecule has 0 saturated carbocycles. The van der Waals surface area contributed by atoms with E-state index < -0.39 is 0 Å². The lowest BCUT2D eigenvalue weighted by Crippen LogP contribution is -2.41. The van der Waals surface area contributed by atoms with Gasteiger partial charge in [0.15, 0.2) is 0 Å². The largest absolute Gasteiger partial charge is 0.378 e. The second-order valence-corrected chi connectivity index (χ2v) is 5.46. The number of anilines is 1. The van der Waals surface area contributed by atoms with Crippen molar-refractivity contribution in [3.8, 4) is 0 Å². The Morgan fingerprint density at radius 3 is 2.83 bits per heavy atom. The van der Waals surface area contributed by atoms with Crippen molar-refractivity contribution in [2.45, 2.75) is 6.42 Å². The van der Waals surface area contributed by atoms with Crippen molar-refractivity contribution < 1.29 is 13.9 Å². The van der Waals surface area contributed by atoms with E-state index >= 15 is 0 Å². The average molecular weight is 330 g/mol. The normalized spacial score (nSPS) is 14.5. The summed E-state index contributed by atoms with van der Waals surface area (Å²) in [6.07, 6.45) is 1.89. The fraction of sp³-hybridized carbons (Fsp3) is 0.353. The van der Waals surface area contributed by atoms with Crippen LogP contribution < -0.4 is 5.32 Å². The Kier molecular flexibility index (Phi) is 5.32. The maximum absolute atomic E-state index is 13.6. The molecule has 2 aromatic rings. The smallest absolute Gasteiger partial charge is 0.272 e. The first kappa shape index (κ1) is 16.3. The standard InChI is InChI=1S/C17H19FN4O2/c18-14-4-2-1-3-13(14)5-6-19-16-11-15(20-12-21-16)17(23)22-7-9-24-10-8-22/h1-4,11-12H,5-10H2,(H,19,20,21). The van der Waals surface area contributed by atoms with Crippen LogP contribution in [0.4, 0.5) is 10.2 Å². The summed E-state index contributed by atoms with van der Waals surface area (Å²) in [4.78, 5) is 22.3. The van der Waals surface area contributed by atoms with Gasteiger partial charge < -0.3 is 15.0 Å². The lowest BCUT2D eigenvalue weighted by atomic mass is 10.1. The number of hydrogen-bond acceptors (Lipinski definition) is 5. The summed E-state index contributed by atoms with van der Waals surface area (Å²) in [5.41, 5.74) is 0.990. The molecular weight excluding hydrogens is 311 g/mol. The van der Waals surface area contributed by atoms with Crippen molar-refractivity contribution in [1.29, 1.82) is 0 Å². The SMILES string of the molecule is O=C(c1cc(NCCc2ccccc2F)ncn1)N1CCOCC1. The molecule has 0 bridgehead atoms. The van der Waals surface area contributed by atoms with E-state index in [0.29, 0.717) is 56.3 Å². The van der Waals surface area contributed by atoms with E-state index in [1.165, 1.54) is 12.4 Å². The minimum Gasteiger partial charge on any atom is -0.378 e. The number of rotatable bonds is 5. The molecule has 24 heavy (non-hydrogen) atoms. The van der Waals surface area contributed by atoms with Crippen molar-refractivity contribution in [3.05, 3.63) is 53.7 Å². The number of halogens is 1. The molecule has 126 valence electrons. The van der Waals surface area contributed by atoms with E-state index in [9.17, 15) is 9.18 Å². The number of carbonyl (C=O) groups excluding carboxylic acids is 1. The molecule has 1 fully saturated rings. The Labute approximate surface area is 139 Å². The predicted octanol–water partition coefficient (Wildman–Crippen LogP) is 1.74. The number of carbonyl (C=O) groups is 1. The molecule has 1 saturated heterocycles. The van der Waals surface area contributed by atoms with Gasteiger partial charge in [0.05, 0.1) is 13.2 Å². The maximum Gasteiger partial charge on any atom is 0.272 e. The number of amides is 1. The van der Waals surface area contributed by atoms with Gasteiger partial charge in [-0.25, -0.2) is 14.4 Å². The highest BCUT2D eigenvalue weighted by Gasteiger charge is 2.19. The van der Waals surface area contributed by atoms with E-state index in [2.05, 4.69) is 15.3 Å². The number of benzene rings is 1. The molecule has 1 aliphatic rings. The van der Waals surface area contributed by atoms with E-state index in [4.69, 9.17) is 4.74 Å². The van der Waals surface area contributed by atoms with E-state index in [0.717, 1.165) is 0 Å². The highest BCUT2D eigenvalue weighted by Crippen LogP contribution is 2.10. The van der Waals surface area contributed by atoms with Gasteiger partial charge in [-0.15, -0.1) is 0 Å². The summed E-state index contributed by atoms with van der Waals surface area (Å²) in [5.74, 6) is 0.209. The number of aromatic nitrogens is 2. The van der Waals surface area contributed by atoms with Gasteiger partial charge in [-0.05, 0) is 18.1 Å². The number of morpholine rings is 1. The fourth-order valence-corrected chi connectivity index (χ4v) is 2.53. The van der Waals surface area contributed by atoms with Gasteiger partial charge in [0.25, 0.3) is 5.91 Å². The molecule has 1 aromatic heterocycles. The van der Waals surface area contributed by atoms with Crippen LogP contribution in [0.25, 0.3) is 0 Å². The molecule has 1 aromatic carbocycles. The molecule has 2 heterocycles. The maximum atomic E-state index is 13.6. The molecule has 1 aliphatic heterocycles. The molecule has 0 aliphatic carbocycles. The van der Waals surface area contributed by atoms with Crippen LogP contribution in [0, 0.1) is 5.82 Å². The zero-order valence-electron chi connectivity index (χ0n) is 13.2. The van der Waals surface area contributed by atoms with Crippen LogP contribution in [-0.4, -0.2) is 53.6 Å². The quantitative estimate of drug-likeness (QED) is 0.904. The monoisotopic (exact) mass is 330 g/mol. The van der Waals surface area contributed by atoms with Gasteiger partial charge in [0.1, 0.15) is 23.7 Å². The minimum absolute atomic E-state index is 0.127. The molecule has 0 atom stereocenters. The Bertz CT molecular complexity index is 704. The number of hydrogen-bond donors (Lipinski definition) is 1. The molecule has 6 nitrogen and oxygen atoms in total. The first-order valence-electron chi connectivity index (χ1n) is 7.90. The van der Waals surface area contributed by atoms with E-state index in [-0.39, 0.29) is 11.7 Å². The third kappa shape index (κ3) is 4.05. The lowest BCUT2D eigenvalue weighted by molar-refractivity contribution is 0.0299. The van der Waals surface area contributed by atoms with Gasteiger partial charge in [-0.2, -0.15) is 0 Å². The fourth-order valence-electron chi connectivity index (χ4n) is 2.53. The van der Waals surface area contributed by atoms with E-state index in [1.807, 2.05) is 6.07 Å². The Hall–Kier alpha value is -2.54.